The largest absolute Gasteiger partial charge is 0.303 e. The van der Waals surface area contributed by atoms with E-state index in [1.54, 1.807) is 0 Å². The maximum Gasteiger partial charge on any atom is 0.144 e. The maximum atomic E-state index is 13.0. The molecule has 2 aromatic carbocycles. The van der Waals surface area contributed by atoms with E-state index in [4.69, 9.17) is 0 Å². The molecule has 0 N–H and O–H groups in total. The number of Topliss-reactive ketones (excluding diaryl/α,β-unsaturated/α-hetero) is 2. The predicted octanol–water partition coefficient (Wildman–Crippen LogP) is 6.45. The number of hydrogen-bond donors (Lipinski definition) is 0. The molecule has 0 fully saturated rings. The minimum Gasteiger partial charge on any atom is -0.303 e. The molecule has 0 saturated carbocycles. The van der Waals surface area contributed by atoms with Crippen molar-refractivity contribution in [1.29, 1.82) is 0 Å². The summed E-state index contributed by atoms with van der Waals surface area (Å²) in [7, 11) is 0. The van der Waals surface area contributed by atoms with E-state index in [9.17, 15) is 14.4 Å². The van der Waals surface area contributed by atoms with Crippen LogP contribution in [0.4, 0.5) is 0 Å². The summed E-state index contributed by atoms with van der Waals surface area (Å²) in [6.07, 6.45) is 9.88. The van der Waals surface area contributed by atoms with E-state index in [-0.39, 0.29) is 11.7 Å². The van der Waals surface area contributed by atoms with Gasteiger partial charge in [0.1, 0.15) is 17.9 Å². The predicted molar refractivity (Wildman–Crippen MR) is 122 cm³/mol. The van der Waals surface area contributed by atoms with Crippen molar-refractivity contribution in [2.24, 2.45) is 0 Å². The fourth-order valence-corrected chi connectivity index (χ4v) is 3.83. The molecule has 2 aromatic rings. The molecule has 0 atom stereocenters. The van der Waals surface area contributed by atoms with E-state index in [0.29, 0.717) is 31.5 Å². The van der Waals surface area contributed by atoms with E-state index in [1.807, 2.05) is 60.7 Å². The lowest BCUT2D eigenvalue weighted by Gasteiger charge is -2.17. The third kappa shape index (κ3) is 8.86. The third-order valence-electron chi connectivity index (χ3n) is 5.49. The van der Waals surface area contributed by atoms with E-state index in [0.717, 1.165) is 62.4 Å². The van der Waals surface area contributed by atoms with Crippen molar-refractivity contribution in [3.05, 3.63) is 71.8 Å². The van der Waals surface area contributed by atoms with Crippen LogP contribution in [0.3, 0.4) is 0 Å². The molecule has 0 radical (unpaired) electrons. The lowest BCUT2D eigenvalue weighted by atomic mass is 9.85. The van der Waals surface area contributed by atoms with Gasteiger partial charge in [-0.05, 0) is 36.8 Å². The SMILES string of the molecule is O=CCCCCCCC(=O)CCCCCC(=O)C(c1ccccc1)c1ccccc1. The Kier molecular flexibility index (Phi) is 11.4. The summed E-state index contributed by atoms with van der Waals surface area (Å²) in [5, 5.41) is 0. The molecule has 0 aliphatic rings. The molecule has 0 aliphatic carbocycles. The summed E-state index contributed by atoms with van der Waals surface area (Å²) in [5.41, 5.74) is 2.08. The molecular formula is C27H34O3. The van der Waals surface area contributed by atoms with Gasteiger partial charge in [-0.1, -0.05) is 79.9 Å². The summed E-state index contributed by atoms with van der Waals surface area (Å²) in [4.78, 5) is 35.3. The third-order valence-corrected chi connectivity index (χ3v) is 5.49. The van der Waals surface area contributed by atoms with Crippen molar-refractivity contribution in [3.63, 3.8) is 0 Å². The average Bonchev–Trinajstić information content (AvgIpc) is 2.77. The summed E-state index contributed by atoms with van der Waals surface area (Å²) in [6.45, 7) is 0. The Labute approximate surface area is 180 Å². The summed E-state index contributed by atoms with van der Waals surface area (Å²) in [5.74, 6) is 0.352. The first-order chi connectivity index (χ1) is 14.7. The number of carbonyl (C=O) groups excluding carboxylic acids is 3. The molecule has 2 rings (SSSR count). The number of rotatable bonds is 16. The Hall–Kier alpha value is -2.55. The van der Waals surface area contributed by atoms with Gasteiger partial charge < -0.3 is 4.79 Å². The van der Waals surface area contributed by atoms with Gasteiger partial charge in [0.2, 0.25) is 0 Å². The molecule has 0 amide bonds. The molecular weight excluding hydrogens is 372 g/mol. The van der Waals surface area contributed by atoms with Crippen LogP contribution in [0.1, 0.15) is 87.7 Å². The zero-order valence-electron chi connectivity index (χ0n) is 17.9. The van der Waals surface area contributed by atoms with E-state index < -0.39 is 0 Å². The van der Waals surface area contributed by atoms with Gasteiger partial charge in [-0.25, -0.2) is 0 Å². The zero-order valence-corrected chi connectivity index (χ0v) is 17.9. The fourth-order valence-electron chi connectivity index (χ4n) is 3.83. The minimum absolute atomic E-state index is 0.215. The molecule has 0 saturated heterocycles. The van der Waals surface area contributed by atoms with Gasteiger partial charge in [-0.2, -0.15) is 0 Å². The first-order valence-electron chi connectivity index (χ1n) is 11.3. The van der Waals surface area contributed by atoms with Crippen LogP contribution in [-0.4, -0.2) is 17.9 Å². The second kappa shape index (κ2) is 14.4. The van der Waals surface area contributed by atoms with Crippen LogP contribution < -0.4 is 0 Å². The average molecular weight is 407 g/mol. The van der Waals surface area contributed by atoms with Gasteiger partial charge in [0.25, 0.3) is 0 Å². The lowest BCUT2D eigenvalue weighted by Crippen LogP contribution is -2.14. The van der Waals surface area contributed by atoms with Gasteiger partial charge in [-0.15, -0.1) is 0 Å². The van der Waals surface area contributed by atoms with Crippen LogP contribution >= 0.6 is 0 Å². The first-order valence-corrected chi connectivity index (χ1v) is 11.3. The molecule has 0 aliphatic heterocycles. The van der Waals surface area contributed by atoms with Gasteiger partial charge in [0.15, 0.2) is 0 Å². The van der Waals surface area contributed by atoms with Crippen molar-refractivity contribution in [2.45, 2.75) is 76.5 Å². The van der Waals surface area contributed by atoms with Crippen LogP contribution in [0.25, 0.3) is 0 Å². The highest BCUT2D eigenvalue weighted by Crippen LogP contribution is 2.27. The number of carbonyl (C=O) groups is 3. The summed E-state index contributed by atoms with van der Waals surface area (Å²) >= 11 is 0. The van der Waals surface area contributed by atoms with Crippen LogP contribution in [0.5, 0.6) is 0 Å². The first kappa shape index (κ1) is 23.7. The topological polar surface area (TPSA) is 51.2 Å². The molecule has 0 unspecified atom stereocenters. The molecule has 0 bridgehead atoms. The Morgan fingerprint density at radius 1 is 0.633 bits per heavy atom. The van der Waals surface area contributed by atoms with Crippen molar-refractivity contribution in [3.8, 4) is 0 Å². The molecule has 30 heavy (non-hydrogen) atoms. The van der Waals surface area contributed by atoms with Crippen LogP contribution in [-0.2, 0) is 14.4 Å². The zero-order chi connectivity index (χ0) is 21.4. The van der Waals surface area contributed by atoms with Crippen LogP contribution in [0.2, 0.25) is 0 Å². The highest BCUT2D eigenvalue weighted by molar-refractivity contribution is 5.89. The molecule has 0 aromatic heterocycles. The van der Waals surface area contributed by atoms with Gasteiger partial charge >= 0.3 is 0 Å². The second-order valence-corrected chi connectivity index (χ2v) is 7.94. The highest BCUT2D eigenvalue weighted by Gasteiger charge is 2.21. The quantitative estimate of drug-likeness (QED) is 0.238. The van der Waals surface area contributed by atoms with Crippen molar-refractivity contribution in [1.82, 2.24) is 0 Å². The molecule has 0 heterocycles. The Morgan fingerprint density at radius 3 is 1.63 bits per heavy atom. The smallest absolute Gasteiger partial charge is 0.144 e. The maximum absolute atomic E-state index is 13.0. The monoisotopic (exact) mass is 406 g/mol. The van der Waals surface area contributed by atoms with Crippen molar-refractivity contribution in [2.75, 3.05) is 0 Å². The van der Waals surface area contributed by atoms with Crippen LogP contribution in [0.15, 0.2) is 60.7 Å². The van der Waals surface area contributed by atoms with Gasteiger partial charge in [0.05, 0.1) is 5.92 Å². The van der Waals surface area contributed by atoms with Crippen molar-refractivity contribution < 1.29 is 14.4 Å². The number of ketones is 2. The number of unbranched alkanes of at least 4 members (excludes halogenated alkanes) is 6. The van der Waals surface area contributed by atoms with E-state index in [2.05, 4.69) is 0 Å². The van der Waals surface area contributed by atoms with Gasteiger partial charge in [-0.3, -0.25) is 9.59 Å². The lowest BCUT2D eigenvalue weighted by molar-refractivity contribution is -0.120. The Bertz CT molecular complexity index is 713. The van der Waals surface area contributed by atoms with E-state index in [1.165, 1.54) is 0 Å². The summed E-state index contributed by atoms with van der Waals surface area (Å²) in [6, 6.07) is 19.9. The van der Waals surface area contributed by atoms with E-state index >= 15 is 0 Å². The van der Waals surface area contributed by atoms with Crippen molar-refractivity contribution >= 4 is 17.9 Å². The molecule has 0 spiro atoms. The number of hydrogen-bond acceptors (Lipinski definition) is 3. The number of benzene rings is 2. The number of aldehydes is 1. The Morgan fingerprint density at radius 2 is 1.10 bits per heavy atom. The summed E-state index contributed by atoms with van der Waals surface area (Å²) < 4.78 is 0. The second-order valence-electron chi connectivity index (χ2n) is 7.94. The highest BCUT2D eigenvalue weighted by atomic mass is 16.1. The molecule has 160 valence electrons. The Balaban J connectivity index is 1.70. The van der Waals surface area contributed by atoms with Crippen LogP contribution in [0, 0.1) is 0 Å². The molecule has 3 nitrogen and oxygen atoms in total. The van der Waals surface area contributed by atoms with Gasteiger partial charge in [0, 0.05) is 25.7 Å². The standard InChI is InChI=1S/C27H34O3/c28-22-14-3-1-2-11-19-25(29)20-12-6-13-21-26(30)27(23-15-7-4-8-16-23)24-17-9-5-10-18-24/h4-5,7-10,15-18,22,27H,1-3,6,11-14,19-21H2. The fraction of sp³-hybridized carbons (Fsp3) is 0.444. The minimum atomic E-state index is -0.215. The molecule has 3 heteroatoms. The normalized spacial score (nSPS) is 10.8.